The molecule has 0 aliphatic carbocycles. The molecule has 0 unspecified atom stereocenters. The summed E-state index contributed by atoms with van der Waals surface area (Å²) in [6, 6.07) is 17.0. The normalized spacial score (nSPS) is 12.7. The number of rotatable bonds is 3. The second-order valence-corrected chi connectivity index (χ2v) is 5.28. The summed E-state index contributed by atoms with van der Waals surface area (Å²) < 4.78 is 0. The average Bonchev–Trinajstić information content (AvgIpc) is 2.91. The van der Waals surface area contributed by atoms with Gasteiger partial charge in [0.05, 0.1) is 6.61 Å². The molecule has 21 heavy (non-hydrogen) atoms. The minimum atomic E-state index is 0.122. The van der Waals surface area contributed by atoms with Gasteiger partial charge in [0.25, 0.3) is 0 Å². The Kier molecular flexibility index (Phi) is 4.23. The zero-order valence-electron chi connectivity index (χ0n) is 12.0. The maximum absolute atomic E-state index is 8.77. The van der Waals surface area contributed by atoms with Crippen LogP contribution in [0.3, 0.4) is 0 Å². The van der Waals surface area contributed by atoms with E-state index in [2.05, 4.69) is 59.2 Å². The van der Waals surface area contributed by atoms with Crippen LogP contribution in [0.5, 0.6) is 0 Å². The molecule has 0 saturated heterocycles. The molecule has 0 bridgehead atoms. The molecular formula is C19H19NO. The molecule has 0 amide bonds. The van der Waals surface area contributed by atoms with Crippen LogP contribution in [-0.2, 0) is 13.0 Å². The van der Waals surface area contributed by atoms with Crippen molar-refractivity contribution in [3.05, 3.63) is 65.2 Å². The number of fused-ring (bicyclic) bond motifs is 1. The van der Waals surface area contributed by atoms with Gasteiger partial charge < -0.3 is 10.0 Å². The molecule has 0 atom stereocenters. The molecule has 0 aromatic heterocycles. The Morgan fingerprint density at radius 1 is 1.10 bits per heavy atom. The number of aliphatic hydroxyl groups is 1. The maximum atomic E-state index is 8.77. The lowest BCUT2D eigenvalue weighted by molar-refractivity contribution is 0.305. The van der Waals surface area contributed by atoms with Gasteiger partial charge in [-0.25, -0.2) is 0 Å². The maximum Gasteiger partial charge on any atom is 0.0540 e. The number of nitrogens with zero attached hydrogens (tertiary/aromatic N) is 1. The Bertz CT molecular complexity index is 681. The zero-order chi connectivity index (χ0) is 14.5. The van der Waals surface area contributed by atoms with Crippen LogP contribution in [0.2, 0.25) is 0 Å². The highest BCUT2D eigenvalue weighted by molar-refractivity contribution is 5.58. The lowest BCUT2D eigenvalue weighted by Crippen LogP contribution is -2.19. The van der Waals surface area contributed by atoms with Gasteiger partial charge in [0.15, 0.2) is 0 Å². The van der Waals surface area contributed by atoms with Crippen molar-refractivity contribution in [2.45, 2.75) is 19.4 Å². The molecule has 3 rings (SSSR count). The van der Waals surface area contributed by atoms with Gasteiger partial charge in [-0.1, -0.05) is 42.2 Å². The molecule has 2 heteroatoms. The number of hydrogen-bond donors (Lipinski definition) is 1. The molecule has 0 saturated carbocycles. The molecule has 0 radical (unpaired) electrons. The van der Waals surface area contributed by atoms with E-state index in [4.69, 9.17) is 5.11 Å². The molecule has 1 heterocycles. The van der Waals surface area contributed by atoms with Gasteiger partial charge in [-0.15, -0.1) is 0 Å². The van der Waals surface area contributed by atoms with E-state index in [0.717, 1.165) is 25.1 Å². The van der Waals surface area contributed by atoms with Crippen LogP contribution in [0.15, 0.2) is 48.5 Å². The number of aliphatic hydroxyl groups excluding tert-OH is 1. The van der Waals surface area contributed by atoms with Crippen molar-refractivity contribution in [3.63, 3.8) is 0 Å². The van der Waals surface area contributed by atoms with Gasteiger partial charge in [0, 0.05) is 30.8 Å². The predicted octanol–water partition coefficient (Wildman–Crippen LogP) is 2.98. The van der Waals surface area contributed by atoms with E-state index in [1.54, 1.807) is 0 Å². The highest BCUT2D eigenvalue weighted by Crippen LogP contribution is 2.28. The van der Waals surface area contributed by atoms with Crippen LogP contribution in [0.25, 0.3) is 0 Å². The van der Waals surface area contributed by atoms with Gasteiger partial charge in [-0.3, -0.25) is 0 Å². The van der Waals surface area contributed by atoms with Crippen molar-refractivity contribution >= 4 is 5.69 Å². The second-order valence-electron chi connectivity index (χ2n) is 5.28. The zero-order valence-corrected chi connectivity index (χ0v) is 12.0. The summed E-state index contributed by atoms with van der Waals surface area (Å²) in [5, 5.41) is 8.77. The van der Waals surface area contributed by atoms with Crippen molar-refractivity contribution < 1.29 is 5.11 Å². The van der Waals surface area contributed by atoms with E-state index in [-0.39, 0.29) is 6.61 Å². The highest BCUT2D eigenvalue weighted by atomic mass is 16.2. The van der Waals surface area contributed by atoms with E-state index < -0.39 is 0 Å². The number of hydrogen-bond acceptors (Lipinski definition) is 2. The Morgan fingerprint density at radius 2 is 2.00 bits per heavy atom. The molecular weight excluding hydrogens is 258 g/mol. The molecule has 2 nitrogen and oxygen atoms in total. The highest BCUT2D eigenvalue weighted by Gasteiger charge is 2.17. The van der Waals surface area contributed by atoms with Gasteiger partial charge in [0.2, 0.25) is 0 Å². The van der Waals surface area contributed by atoms with Crippen LogP contribution >= 0.6 is 0 Å². The standard InChI is InChI=1S/C19H19NO/c21-13-4-3-6-16-7-5-8-17(14-16)15-20-12-11-18-9-1-2-10-19(18)20/h1-2,5,7-10,14,21H,4,11-13,15H2. The molecule has 0 fully saturated rings. The van der Waals surface area contributed by atoms with Crippen molar-refractivity contribution in [1.29, 1.82) is 0 Å². The third-order valence-electron chi connectivity index (χ3n) is 3.75. The molecule has 1 N–H and O–H groups in total. The monoisotopic (exact) mass is 277 g/mol. The predicted molar refractivity (Wildman–Crippen MR) is 86.2 cm³/mol. The minimum absolute atomic E-state index is 0.122. The third-order valence-corrected chi connectivity index (χ3v) is 3.75. The summed E-state index contributed by atoms with van der Waals surface area (Å²) >= 11 is 0. The summed E-state index contributed by atoms with van der Waals surface area (Å²) in [4.78, 5) is 2.43. The van der Waals surface area contributed by atoms with Gasteiger partial charge in [-0.05, 0) is 35.7 Å². The molecule has 1 aliphatic rings. The van der Waals surface area contributed by atoms with Crippen LogP contribution < -0.4 is 4.90 Å². The topological polar surface area (TPSA) is 23.5 Å². The van der Waals surface area contributed by atoms with E-state index in [0.29, 0.717) is 6.42 Å². The number of anilines is 1. The molecule has 106 valence electrons. The SMILES string of the molecule is OCCC#Cc1cccc(CN2CCc3ccccc32)c1. The fourth-order valence-electron chi connectivity index (χ4n) is 2.76. The van der Waals surface area contributed by atoms with Crippen LogP contribution in [0.4, 0.5) is 5.69 Å². The largest absolute Gasteiger partial charge is 0.395 e. The van der Waals surface area contributed by atoms with E-state index in [9.17, 15) is 0 Å². The Hall–Kier alpha value is -2.24. The lowest BCUT2D eigenvalue weighted by atomic mass is 10.1. The summed E-state index contributed by atoms with van der Waals surface area (Å²) in [5.41, 5.74) is 5.10. The summed E-state index contributed by atoms with van der Waals surface area (Å²) in [6.07, 6.45) is 1.66. The van der Waals surface area contributed by atoms with E-state index in [1.807, 2.05) is 6.07 Å². The molecule has 2 aromatic rings. The second kappa shape index (κ2) is 6.47. The first-order valence-electron chi connectivity index (χ1n) is 7.38. The summed E-state index contributed by atoms with van der Waals surface area (Å²) in [7, 11) is 0. The average molecular weight is 277 g/mol. The lowest BCUT2D eigenvalue weighted by Gasteiger charge is -2.19. The number of para-hydroxylation sites is 1. The van der Waals surface area contributed by atoms with Crippen molar-refractivity contribution in [2.24, 2.45) is 0 Å². The van der Waals surface area contributed by atoms with Crippen LogP contribution in [0, 0.1) is 11.8 Å². The van der Waals surface area contributed by atoms with Crippen LogP contribution in [-0.4, -0.2) is 18.3 Å². The molecule has 1 aliphatic heterocycles. The Morgan fingerprint density at radius 3 is 2.90 bits per heavy atom. The first-order valence-corrected chi connectivity index (χ1v) is 7.38. The summed E-state index contributed by atoms with van der Waals surface area (Å²) in [5.74, 6) is 6.08. The minimum Gasteiger partial charge on any atom is -0.395 e. The fraction of sp³-hybridized carbons (Fsp3) is 0.263. The van der Waals surface area contributed by atoms with Crippen molar-refractivity contribution in [1.82, 2.24) is 0 Å². The summed E-state index contributed by atoms with van der Waals surface area (Å²) in [6.45, 7) is 2.13. The first-order chi connectivity index (χ1) is 10.4. The first kappa shape index (κ1) is 13.7. The Balaban J connectivity index is 1.75. The third kappa shape index (κ3) is 3.26. The molecule has 0 spiro atoms. The smallest absolute Gasteiger partial charge is 0.0540 e. The van der Waals surface area contributed by atoms with E-state index in [1.165, 1.54) is 16.8 Å². The quantitative estimate of drug-likeness (QED) is 0.872. The van der Waals surface area contributed by atoms with Gasteiger partial charge in [0.1, 0.15) is 0 Å². The van der Waals surface area contributed by atoms with Gasteiger partial charge in [-0.2, -0.15) is 0 Å². The molecule has 2 aromatic carbocycles. The van der Waals surface area contributed by atoms with Crippen molar-refractivity contribution in [3.8, 4) is 11.8 Å². The van der Waals surface area contributed by atoms with Gasteiger partial charge >= 0.3 is 0 Å². The fourth-order valence-corrected chi connectivity index (χ4v) is 2.76. The van der Waals surface area contributed by atoms with E-state index >= 15 is 0 Å². The van der Waals surface area contributed by atoms with Crippen molar-refractivity contribution in [2.75, 3.05) is 18.1 Å². The Labute approximate surface area is 126 Å². The van der Waals surface area contributed by atoms with Crippen LogP contribution in [0.1, 0.15) is 23.1 Å². The number of benzene rings is 2.